The summed E-state index contributed by atoms with van der Waals surface area (Å²) in [5.74, 6) is -0.977. The number of aromatic carboxylic acids is 1. The number of carboxylic acid groups (broad SMARTS) is 1. The van der Waals surface area contributed by atoms with Crippen molar-refractivity contribution in [3.8, 4) is 0 Å². The van der Waals surface area contributed by atoms with Crippen molar-refractivity contribution < 1.29 is 15.0 Å². The molecule has 1 aliphatic rings. The van der Waals surface area contributed by atoms with E-state index in [4.69, 9.17) is 5.11 Å². The third kappa shape index (κ3) is 2.73. The van der Waals surface area contributed by atoms with Crippen molar-refractivity contribution in [3.63, 3.8) is 0 Å². The highest BCUT2D eigenvalue weighted by Gasteiger charge is 2.23. The highest BCUT2D eigenvalue weighted by molar-refractivity contribution is 6.00. The second kappa shape index (κ2) is 5.18. The maximum atomic E-state index is 11.2. The fraction of sp³-hybridized carbons (Fsp3) is 0.250. The maximum absolute atomic E-state index is 11.2. The van der Waals surface area contributed by atoms with Gasteiger partial charge in [-0.25, -0.2) is 4.79 Å². The van der Waals surface area contributed by atoms with E-state index in [2.05, 4.69) is 9.97 Å². The number of hydrogen-bond acceptors (Lipinski definition) is 3. The molecule has 0 fully saturated rings. The van der Waals surface area contributed by atoms with Crippen LogP contribution in [0, 0.1) is 0 Å². The molecule has 0 radical (unpaired) electrons. The number of hydrogen-bond donors (Lipinski definition) is 3. The maximum Gasteiger partial charge on any atom is 0.337 e. The predicted octanol–water partition coefficient (Wildman–Crippen LogP) is 2.44. The summed E-state index contributed by atoms with van der Waals surface area (Å²) in [7, 11) is 0. The van der Waals surface area contributed by atoms with E-state index in [9.17, 15) is 9.90 Å². The molecule has 21 heavy (non-hydrogen) atoms. The number of nitrogens with zero attached hydrogens (tertiary/aromatic N) is 1. The molecule has 2 aromatic rings. The molecular weight excluding hydrogens is 268 g/mol. The Hall–Kier alpha value is -2.40. The SMILES string of the molecule is O=C(O)c1ccnc2cc(CCC3(O)C=CC=CC3)[nH]c12. The molecule has 1 atom stereocenters. The fourth-order valence-corrected chi connectivity index (χ4v) is 2.58. The van der Waals surface area contributed by atoms with Gasteiger partial charge in [0.15, 0.2) is 0 Å². The average Bonchev–Trinajstić information content (AvgIpc) is 2.88. The van der Waals surface area contributed by atoms with Gasteiger partial charge >= 0.3 is 5.97 Å². The van der Waals surface area contributed by atoms with E-state index in [1.54, 1.807) is 6.08 Å². The van der Waals surface area contributed by atoms with Gasteiger partial charge in [0.25, 0.3) is 0 Å². The Morgan fingerprint density at radius 1 is 1.43 bits per heavy atom. The Labute approximate surface area is 121 Å². The summed E-state index contributed by atoms with van der Waals surface area (Å²) in [6.07, 6.45) is 10.8. The highest BCUT2D eigenvalue weighted by atomic mass is 16.4. The first kappa shape index (κ1) is 13.6. The number of aromatic nitrogens is 2. The van der Waals surface area contributed by atoms with Crippen molar-refractivity contribution in [2.75, 3.05) is 0 Å². The minimum atomic E-state index is -0.977. The summed E-state index contributed by atoms with van der Waals surface area (Å²) in [5, 5.41) is 19.6. The van der Waals surface area contributed by atoms with Gasteiger partial charge in [-0.05, 0) is 31.4 Å². The number of aliphatic hydroxyl groups is 1. The molecule has 5 nitrogen and oxygen atoms in total. The Morgan fingerprint density at radius 2 is 2.29 bits per heavy atom. The molecule has 1 aliphatic carbocycles. The first-order chi connectivity index (χ1) is 10.1. The third-order valence-electron chi connectivity index (χ3n) is 3.76. The number of nitrogens with one attached hydrogen (secondary N) is 1. The van der Waals surface area contributed by atoms with Crippen LogP contribution in [0.2, 0.25) is 0 Å². The number of carbonyl (C=O) groups is 1. The van der Waals surface area contributed by atoms with Crippen molar-refractivity contribution in [1.29, 1.82) is 0 Å². The Morgan fingerprint density at radius 3 is 3.00 bits per heavy atom. The Bertz CT molecular complexity index is 745. The van der Waals surface area contributed by atoms with Crippen molar-refractivity contribution in [3.05, 3.63) is 53.9 Å². The largest absolute Gasteiger partial charge is 0.478 e. The molecule has 2 aromatic heterocycles. The van der Waals surface area contributed by atoms with E-state index in [1.807, 2.05) is 24.3 Å². The zero-order valence-electron chi connectivity index (χ0n) is 11.4. The van der Waals surface area contributed by atoms with Crippen LogP contribution in [0.1, 0.15) is 28.9 Å². The van der Waals surface area contributed by atoms with Gasteiger partial charge in [0.1, 0.15) is 0 Å². The van der Waals surface area contributed by atoms with Crippen molar-refractivity contribution in [2.45, 2.75) is 24.9 Å². The van der Waals surface area contributed by atoms with Gasteiger partial charge in [-0.3, -0.25) is 4.98 Å². The number of pyridine rings is 1. The van der Waals surface area contributed by atoms with E-state index in [-0.39, 0.29) is 5.56 Å². The van der Waals surface area contributed by atoms with Crippen molar-refractivity contribution >= 4 is 17.0 Å². The Balaban J connectivity index is 1.82. The van der Waals surface area contributed by atoms with Gasteiger partial charge in [-0.1, -0.05) is 24.3 Å². The van der Waals surface area contributed by atoms with Gasteiger partial charge in [0, 0.05) is 11.9 Å². The number of aryl methyl sites for hydroxylation is 1. The third-order valence-corrected chi connectivity index (χ3v) is 3.76. The van der Waals surface area contributed by atoms with Gasteiger partial charge < -0.3 is 15.2 Å². The first-order valence-electron chi connectivity index (χ1n) is 6.84. The zero-order chi connectivity index (χ0) is 14.9. The fourth-order valence-electron chi connectivity index (χ4n) is 2.58. The van der Waals surface area contributed by atoms with Crippen molar-refractivity contribution in [1.82, 2.24) is 9.97 Å². The van der Waals surface area contributed by atoms with Crippen LogP contribution in [0.15, 0.2) is 42.6 Å². The quantitative estimate of drug-likeness (QED) is 0.805. The molecule has 0 aliphatic heterocycles. The number of fused-ring (bicyclic) bond motifs is 1. The summed E-state index contributed by atoms with van der Waals surface area (Å²) < 4.78 is 0. The van der Waals surface area contributed by atoms with Crippen LogP contribution in [-0.4, -0.2) is 31.8 Å². The van der Waals surface area contributed by atoms with Gasteiger partial charge in [-0.15, -0.1) is 0 Å². The summed E-state index contributed by atoms with van der Waals surface area (Å²) in [6, 6.07) is 3.32. The minimum absolute atomic E-state index is 0.213. The summed E-state index contributed by atoms with van der Waals surface area (Å²) in [4.78, 5) is 18.5. The molecule has 108 valence electrons. The summed E-state index contributed by atoms with van der Waals surface area (Å²) in [6.45, 7) is 0. The number of aromatic amines is 1. The number of carboxylic acids is 1. The molecule has 5 heteroatoms. The highest BCUT2D eigenvalue weighted by Crippen LogP contribution is 2.25. The lowest BCUT2D eigenvalue weighted by molar-refractivity contribution is 0.0698. The molecule has 0 aromatic carbocycles. The van der Waals surface area contributed by atoms with Gasteiger partial charge in [0.05, 0.1) is 22.2 Å². The van der Waals surface area contributed by atoms with Crippen LogP contribution in [0.5, 0.6) is 0 Å². The average molecular weight is 284 g/mol. The second-order valence-electron chi connectivity index (χ2n) is 5.31. The molecule has 2 heterocycles. The summed E-state index contributed by atoms with van der Waals surface area (Å²) in [5.41, 5.74) is 1.44. The van der Waals surface area contributed by atoms with Crippen LogP contribution >= 0.6 is 0 Å². The molecule has 0 amide bonds. The predicted molar refractivity (Wildman–Crippen MR) is 79.2 cm³/mol. The molecule has 3 rings (SSSR count). The minimum Gasteiger partial charge on any atom is -0.478 e. The van der Waals surface area contributed by atoms with E-state index >= 15 is 0 Å². The standard InChI is InChI=1S/C16H16N2O3/c19-15(20)12-5-9-17-13-10-11(18-14(12)13)4-8-16(21)6-2-1-3-7-16/h1-3,5-6,9-10,18,21H,4,7-8H2,(H,19,20). The van der Waals surface area contributed by atoms with Crippen LogP contribution < -0.4 is 0 Å². The van der Waals surface area contributed by atoms with Crippen LogP contribution in [0.4, 0.5) is 0 Å². The molecular formula is C16H16N2O3. The monoisotopic (exact) mass is 284 g/mol. The summed E-state index contributed by atoms with van der Waals surface area (Å²) >= 11 is 0. The topological polar surface area (TPSA) is 86.2 Å². The molecule has 0 bridgehead atoms. The van der Waals surface area contributed by atoms with Crippen LogP contribution in [0.3, 0.4) is 0 Å². The van der Waals surface area contributed by atoms with Gasteiger partial charge in [0.2, 0.25) is 0 Å². The second-order valence-corrected chi connectivity index (χ2v) is 5.31. The molecule has 3 N–H and O–H groups in total. The van der Waals surface area contributed by atoms with Gasteiger partial charge in [-0.2, -0.15) is 0 Å². The number of H-pyrrole nitrogens is 1. The smallest absolute Gasteiger partial charge is 0.337 e. The van der Waals surface area contributed by atoms with E-state index < -0.39 is 11.6 Å². The van der Waals surface area contributed by atoms with Crippen molar-refractivity contribution in [2.24, 2.45) is 0 Å². The molecule has 0 saturated heterocycles. The van der Waals surface area contributed by atoms with Crippen LogP contribution in [-0.2, 0) is 6.42 Å². The van der Waals surface area contributed by atoms with E-state index in [1.165, 1.54) is 12.3 Å². The Kier molecular flexibility index (Phi) is 3.35. The van der Waals surface area contributed by atoms with Crippen LogP contribution in [0.25, 0.3) is 11.0 Å². The van der Waals surface area contributed by atoms with E-state index in [0.29, 0.717) is 30.3 Å². The number of rotatable bonds is 4. The lowest BCUT2D eigenvalue weighted by atomic mass is 9.90. The van der Waals surface area contributed by atoms with E-state index in [0.717, 1.165) is 5.69 Å². The molecule has 1 unspecified atom stereocenters. The molecule has 0 saturated carbocycles. The first-order valence-corrected chi connectivity index (χ1v) is 6.84. The normalized spacial score (nSPS) is 21.0. The zero-order valence-corrected chi connectivity index (χ0v) is 11.4. The lowest BCUT2D eigenvalue weighted by Gasteiger charge is -2.24. The molecule has 0 spiro atoms. The lowest BCUT2D eigenvalue weighted by Crippen LogP contribution is -2.26. The number of allylic oxidation sites excluding steroid dienone is 2.